The van der Waals surface area contributed by atoms with Crippen molar-refractivity contribution in [3.05, 3.63) is 46.5 Å². The molecule has 0 saturated heterocycles. The van der Waals surface area contributed by atoms with Gasteiger partial charge in [0, 0.05) is 11.1 Å². The molecule has 23 heavy (non-hydrogen) atoms. The Morgan fingerprint density at radius 3 is 2.26 bits per heavy atom. The largest absolute Gasteiger partial charge is 0.203 e. The molecule has 0 nitrogen and oxygen atoms in total. The lowest BCUT2D eigenvalue weighted by atomic mass is 9.85. The van der Waals surface area contributed by atoms with E-state index < -0.39 is 11.6 Å². The predicted molar refractivity (Wildman–Crippen MR) is 93.0 cm³/mol. The van der Waals surface area contributed by atoms with Crippen molar-refractivity contribution in [2.75, 3.05) is 0 Å². The van der Waals surface area contributed by atoms with Crippen molar-refractivity contribution in [2.45, 2.75) is 58.8 Å². The van der Waals surface area contributed by atoms with Crippen LogP contribution in [0.4, 0.5) is 8.78 Å². The quantitative estimate of drug-likeness (QED) is 0.565. The Morgan fingerprint density at radius 1 is 0.913 bits per heavy atom. The van der Waals surface area contributed by atoms with Gasteiger partial charge in [0.25, 0.3) is 0 Å². The lowest BCUT2D eigenvalue weighted by molar-refractivity contribution is 0.445. The van der Waals surface area contributed by atoms with Crippen molar-refractivity contribution in [1.82, 2.24) is 0 Å². The maximum absolute atomic E-state index is 14.5. The third kappa shape index (κ3) is 3.73. The average Bonchev–Trinajstić information content (AvgIpc) is 2.55. The maximum Gasteiger partial charge on any atom is 0.166 e. The van der Waals surface area contributed by atoms with Crippen LogP contribution >= 0.6 is 0 Å². The van der Waals surface area contributed by atoms with Crippen LogP contribution in [0.5, 0.6) is 0 Å². The van der Waals surface area contributed by atoms with Crippen molar-refractivity contribution in [2.24, 2.45) is 11.8 Å². The number of allylic oxidation sites excluding steroid dienone is 3. The second-order valence-corrected chi connectivity index (χ2v) is 7.42. The number of hydrogen-bond donors (Lipinski definition) is 0. The Morgan fingerprint density at radius 2 is 1.61 bits per heavy atom. The van der Waals surface area contributed by atoms with E-state index in [1.54, 1.807) is 12.1 Å². The highest BCUT2D eigenvalue weighted by atomic mass is 19.2. The Balaban J connectivity index is 1.85. The van der Waals surface area contributed by atoms with Crippen molar-refractivity contribution in [3.63, 3.8) is 0 Å². The van der Waals surface area contributed by atoms with E-state index in [9.17, 15) is 8.78 Å². The summed E-state index contributed by atoms with van der Waals surface area (Å²) in [6.45, 7) is 4.45. The minimum atomic E-state index is -0.687. The summed E-state index contributed by atoms with van der Waals surface area (Å²) in [5.41, 5.74) is 3.07. The molecule has 0 bridgehead atoms. The molecule has 1 atom stereocenters. The zero-order valence-corrected chi connectivity index (χ0v) is 14.2. The molecule has 0 spiro atoms. The van der Waals surface area contributed by atoms with Crippen LogP contribution in [-0.2, 0) is 0 Å². The second kappa shape index (κ2) is 6.98. The molecule has 3 rings (SSSR count). The van der Waals surface area contributed by atoms with Crippen LogP contribution < -0.4 is 0 Å². The minimum Gasteiger partial charge on any atom is -0.203 e. The molecule has 1 fully saturated rings. The van der Waals surface area contributed by atoms with Crippen LogP contribution in [0.1, 0.15) is 69.9 Å². The molecule has 2 heteroatoms. The van der Waals surface area contributed by atoms with Gasteiger partial charge >= 0.3 is 0 Å². The molecular weight excluding hydrogens is 290 g/mol. The van der Waals surface area contributed by atoms with Crippen LogP contribution in [-0.4, -0.2) is 0 Å². The zero-order valence-electron chi connectivity index (χ0n) is 14.2. The highest BCUT2D eigenvalue weighted by Gasteiger charge is 2.19. The predicted octanol–water partition coefficient (Wildman–Crippen LogP) is 6.76. The topological polar surface area (TPSA) is 0 Å². The number of hydrogen-bond acceptors (Lipinski definition) is 0. The Hall–Kier alpha value is -1.44. The molecule has 1 aromatic rings. The van der Waals surface area contributed by atoms with E-state index in [2.05, 4.69) is 19.9 Å². The van der Waals surface area contributed by atoms with Gasteiger partial charge in [-0.1, -0.05) is 43.7 Å². The van der Waals surface area contributed by atoms with Crippen LogP contribution in [0.25, 0.3) is 11.6 Å². The minimum absolute atomic E-state index is 0.403. The first kappa shape index (κ1) is 16.4. The highest BCUT2D eigenvalue weighted by molar-refractivity contribution is 5.69. The Labute approximate surface area is 138 Å². The van der Waals surface area contributed by atoms with E-state index >= 15 is 0 Å². The first-order valence-electron chi connectivity index (χ1n) is 8.91. The van der Waals surface area contributed by atoms with E-state index in [4.69, 9.17) is 0 Å². The standard InChI is InChI=1S/C21H26F2/c1-14-3-7-16(8-4-14)13-18-11-12-19(21(23)20(18)22)17-9-5-15(2)6-10-17/h9,11-15H,3-8,10H2,1-2H3. The van der Waals surface area contributed by atoms with E-state index in [0.29, 0.717) is 17.0 Å². The summed E-state index contributed by atoms with van der Waals surface area (Å²) in [6, 6.07) is 3.51. The average molecular weight is 316 g/mol. The summed E-state index contributed by atoms with van der Waals surface area (Å²) in [4.78, 5) is 0. The van der Waals surface area contributed by atoms with Gasteiger partial charge < -0.3 is 0 Å². The lowest BCUT2D eigenvalue weighted by Crippen LogP contribution is -2.05. The summed E-state index contributed by atoms with van der Waals surface area (Å²) in [5, 5.41) is 0. The second-order valence-electron chi connectivity index (χ2n) is 7.42. The summed E-state index contributed by atoms with van der Waals surface area (Å²) >= 11 is 0. The molecule has 0 radical (unpaired) electrons. The van der Waals surface area contributed by atoms with Crippen molar-refractivity contribution < 1.29 is 8.78 Å². The highest BCUT2D eigenvalue weighted by Crippen LogP contribution is 2.34. The van der Waals surface area contributed by atoms with Gasteiger partial charge in [0.2, 0.25) is 0 Å². The normalized spacial score (nSPS) is 25.2. The van der Waals surface area contributed by atoms with Gasteiger partial charge in [0.1, 0.15) is 0 Å². The Kier molecular flexibility index (Phi) is 4.99. The number of rotatable bonds is 2. The van der Waals surface area contributed by atoms with Gasteiger partial charge in [-0.15, -0.1) is 0 Å². The molecular formula is C21H26F2. The lowest BCUT2D eigenvalue weighted by Gasteiger charge is -2.21. The molecule has 2 aliphatic rings. The molecule has 0 amide bonds. The van der Waals surface area contributed by atoms with Gasteiger partial charge in [-0.25, -0.2) is 8.78 Å². The molecule has 0 heterocycles. The van der Waals surface area contributed by atoms with Crippen LogP contribution in [0.3, 0.4) is 0 Å². The monoisotopic (exact) mass is 316 g/mol. The van der Waals surface area contributed by atoms with Gasteiger partial charge in [0.05, 0.1) is 0 Å². The zero-order chi connectivity index (χ0) is 16.4. The molecule has 1 aromatic carbocycles. The van der Waals surface area contributed by atoms with E-state index in [-0.39, 0.29) is 0 Å². The summed E-state index contributed by atoms with van der Waals surface area (Å²) in [7, 11) is 0. The van der Waals surface area contributed by atoms with Crippen molar-refractivity contribution >= 4 is 11.6 Å². The fourth-order valence-electron chi connectivity index (χ4n) is 3.63. The van der Waals surface area contributed by atoms with E-state index in [0.717, 1.165) is 56.4 Å². The smallest absolute Gasteiger partial charge is 0.166 e. The van der Waals surface area contributed by atoms with Crippen molar-refractivity contribution in [1.29, 1.82) is 0 Å². The summed E-state index contributed by atoms with van der Waals surface area (Å²) < 4.78 is 29.0. The van der Waals surface area contributed by atoms with E-state index in [1.165, 1.54) is 5.57 Å². The molecule has 1 unspecified atom stereocenters. The first-order chi connectivity index (χ1) is 11.0. The van der Waals surface area contributed by atoms with Gasteiger partial charge in [-0.05, 0) is 62.4 Å². The maximum atomic E-state index is 14.5. The summed E-state index contributed by atoms with van der Waals surface area (Å²) in [5.74, 6) is 0.0265. The molecule has 0 N–H and O–H groups in total. The first-order valence-corrected chi connectivity index (χ1v) is 8.91. The SMILES string of the molecule is CC1CC=C(c2ccc(C=C3CCC(C)CC3)c(F)c2F)CC1. The molecule has 0 aromatic heterocycles. The summed E-state index contributed by atoms with van der Waals surface area (Å²) in [6.07, 6.45) is 11.1. The third-order valence-corrected chi connectivity index (χ3v) is 5.41. The molecule has 0 aliphatic heterocycles. The van der Waals surface area contributed by atoms with Gasteiger partial charge in [-0.3, -0.25) is 0 Å². The third-order valence-electron chi connectivity index (χ3n) is 5.41. The molecule has 1 saturated carbocycles. The van der Waals surface area contributed by atoms with Crippen LogP contribution in [0.2, 0.25) is 0 Å². The fourth-order valence-corrected chi connectivity index (χ4v) is 3.63. The van der Waals surface area contributed by atoms with Crippen molar-refractivity contribution in [3.8, 4) is 0 Å². The fraction of sp³-hybridized carbons (Fsp3) is 0.524. The number of benzene rings is 1. The number of halogens is 2. The molecule has 2 aliphatic carbocycles. The van der Waals surface area contributed by atoms with Crippen LogP contribution in [0, 0.1) is 23.5 Å². The Bertz CT molecular complexity index is 629. The molecule has 124 valence electrons. The van der Waals surface area contributed by atoms with Gasteiger partial charge in [-0.2, -0.15) is 0 Å². The van der Waals surface area contributed by atoms with E-state index in [1.807, 2.05) is 6.08 Å². The van der Waals surface area contributed by atoms with Gasteiger partial charge in [0.15, 0.2) is 11.6 Å². The van der Waals surface area contributed by atoms with Crippen LogP contribution in [0.15, 0.2) is 23.8 Å².